The molecule has 2 rings (SSSR count). The van der Waals surface area contributed by atoms with Gasteiger partial charge >= 0.3 is 0 Å². The molecule has 0 aliphatic carbocycles. The predicted molar refractivity (Wildman–Crippen MR) is 71.8 cm³/mol. The van der Waals surface area contributed by atoms with Gasteiger partial charge in [0.25, 0.3) is 0 Å². The molecule has 0 aromatic heterocycles. The molecule has 0 saturated heterocycles. The lowest BCUT2D eigenvalue weighted by molar-refractivity contribution is -0.128. The van der Waals surface area contributed by atoms with Crippen molar-refractivity contribution in [1.29, 1.82) is 0 Å². The van der Waals surface area contributed by atoms with Crippen LogP contribution in [0.4, 0.5) is 5.69 Å². The maximum absolute atomic E-state index is 12.0. The Morgan fingerprint density at radius 2 is 2.17 bits per heavy atom. The first-order valence-corrected chi connectivity index (χ1v) is 5.96. The summed E-state index contributed by atoms with van der Waals surface area (Å²) in [7, 11) is 1.64. The van der Waals surface area contributed by atoms with Crippen LogP contribution in [0.1, 0.15) is 25.3 Å². The van der Waals surface area contributed by atoms with Gasteiger partial charge in [0.1, 0.15) is 0 Å². The van der Waals surface area contributed by atoms with Crippen LogP contribution in [0, 0.1) is 0 Å². The maximum Gasteiger partial charge on any atom is 0.231 e. The van der Waals surface area contributed by atoms with Gasteiger partial charge in [0.2, 0.25) is 5.91 Å². The molecule has 1 aromatic carbocycles. The van der Waals surface area contributed by atoms with E-state index in [9.17, 15) is 4.79 Å². The molecule has 0 fully saturated rings. The van der Waals surface area contributed by atoms with Crippen molar-refractivity contribution in [2.75, 3.05) is 12.8 Å². The molecule has 0 bridgehead atoms. The van der Waals surface area contributed by atoms with Crippen LogP contribution in [0.5, 0.6) is 0 Å². The van der Waals surface area contributed by atoms with Crippen LogP contribution in [0.25, 0.3) is 0 Å². The molecule has 0 radical (unpaired) electrons. The quantitative estimate of drug-likeness (QED) is 0.765. The molecule has 0 unspecified atom stereocenters. The smallest absolute Gasteiger partial charge is 0.231 e. The molecule has 18 heavy (non-hydrogen) atoms. The summed E-state index contributed by atoms with van der Waals surface area (Å²) in [6.07, 6.45) is 1.03. The van der Waals surface area contributed by atoms with Gasteiger partial charge < -0.3 is 11.5 Å². The third kappa shape index (κ3) is 1.92. The van der Waals surface area contributed by atoms with E-state index < -0.39 is 5.54 Å². The van der Waals surface area contributed by atoms with Crippen LogP contribution in [0.2, 0.25) is 0 Å². The van der Waals surface area contributed by atoms with Gasteiger partial charge in [-0.15, -0.1) is 0 Å². The Morgan fingerprint density at radius 1 is 1.44 bits per heavy atom. The number of hydrogen-bond acceptors (Lipinski definition) is 4. The van der Waals surface area contributed by atoms with Gasteiger partial charge in [-0.25, -0.2) is 4.99 Å². The zero-order chi connectivity index (χ0) is 13.3. The molecule has 4 N–H and O–H groups in total. The van der Waals surface area contributed by atoms with Crippen LogP contribution < -0.4 is 11.5 Å². The standard InChI is InChI=1S/C13H18N4O/c1-3-13(9-5-4-6-10(14)7-9)8-11(18)17(2)12(15)16-13/h4-7H,3,8,14H2,1-2H3,(H2,15,16)/t13-/m0/s1. The van der Waals surface area contributed by atoms with Gasteiger partial charge in [0, 0.05) is 12.7 Å². The van der Waals surface area contributed by atoms with E-state index in [0.29, 0.717) is 18.5 Å². The highest BCUT2D eigenvalue weighted by Gasteiger charge is 2.38. The molecule has 5 nitrogen and oxygen atoms in total. The van der Waals surface area contributed by atoms with Gasteiger partial charge in [-0.2, -0.15) is 0 Å². The highest BCUT2D eigenvalue weighted by molar-refractivity contribution is 5.98. The molecule has 1 atom stereocenters. The van der Waals surface area contributed by atoms with Crippen LogP contribution in [0.15, 0.2) is 29.3 Å². The fourth-order valence-corrected chi connectivity index (χ4v) is 2.23. The highest BCUT2D eigenvalue weighted by atomic mass is 16.2. The molecule has 0 spiro atoms. The monoisotopic (exact) mass is 246 g/mol. The molecule has 5 heteroatoms. The van der Waals surface area contributed by atoms with Crippen LogP contribution in [-0.2, 0) is 10.3 Å². The SMILES string of the molecule is CC[C@@]1(c2cccc(N)c2)CC(=O)N(C)C(N)=N1. The van der Waals surface area contributed by atoms with Crippen molar-refractivity contribution >= 4 is 17.6 Å². The van der Waals surface area contributed by atoms with E-state index in [0.717, 1.165) is 5.56 Å². The summed E-state index contributed by atoms with van der Waals surface area (Å²) >= 11 is 0. The molecule has 1 heterocycles. The predicted octanol–water partition coefficient (Wildman–Crippen LogP) is 1.05. The molecule has 1 aliphatic heterocycles. The fourth-order valence-electron chi connectivity index (χ4n) is 2.23. The Hall–Kier alpha value is -2.04. The number of anilines is 1. The lowest BCUT2D eigenvalue weighted by Gasteiger charge is -2.35. The summed E-state index contributed by atoms with van der Waals surface area (Å²) < 4.78 is 0. The van der Waals surface area contributed by atoms with E-state index >= 15 is 0 Å². The first-order chi connectivity index (χ1) is 8.48. The van der Waals surface area contributed by atoms with Crippen molar-refractivity contribution in [1.82, 2.24) is 4.90 Å². The number of carbonyl (C=O) groups excluding carboxylic acids is 1. The number of nitrogens with zero attached hydrogens (tertiary/aromatic N) is 2. The summed E-state index contributed by atoms with van der Waals surface area (Å²) in [6, 6.07) is 7.49. The average molecular weight is 246 g/mol. The van der Waals surface area contributed by atoms with Gasteiger partial charge in [-0.3, -0.25) is 9.69 Å². The second kappa shape index (κ2) is 4.33. The Morgan fingerprint density at radius 3 is 2.72 bits per heavy atom. The largest absolute Gasteiger partial charge is 0.399 e. The first kappa shape index (κ1) is 12.4. The van der Waals surface area contributed by atoms with Gasteiger partial charge in [-0.1, -0.05) is 19.1 Å². The third-order valence-corrected chi connectivity index (χ3v) is 3.50. The van der Waals surface area contributed by atoms with Crippen molar-refractivity contribution in [3.8, 4) is 0 Å². The van der Waals surface area contributed by atoms with Gasteiger partial charge in [-0.05, 0) is 24.1 Å². The minimum Gasteiger partial charge on any atom is -0.399 e. The Kier molecular flexibility index (Phi) is 2.98. The van der Waals surface area contributed by atoms with E-state index in [-0.39, 0.29) is 11.9 Å². The summed E-state index contributed by atoms with van der Waals surface area (Å²) in [4.78, 5) is 17.9. The lowest BCUT2D eigenvalue weighted by Crippen LogP contribution is -2.48. The molecular formula is C13H18N4O. The third-order valence-electron chi connectivity index (χ3n) is 3.50. The van der Waals surface area contributed by atoms with Crippen molar-refractivity contribution in [3.63, 3.8) is 0 Å². The number of nitrogens with two attached hydrogens (primary N) is 2. The Balaban J connectivity index is 2.53. The Bertz CT molecular complexity index is 511. The van der Waals surface area contributed by atoms with Crippen molar-refractivity contribution < 1.29 is 4.79 Å². The first-order valence-electron chi connectivity index (χ1n) is 5.96. The zero-order valence-corrected chi connectivity index (χ0v) is 10.7. The van der Waals surface area contributed by atoms with Gasteiger partial charge in [0.15, 0.2) is 5.96 Å². The van der Waals surface area contributed by atoms with Gasteiger partial charge in [0.05, 0.1) is 12.0 Å². The number of benzene rings is 1. The molecule has 1 aromatic rings. The zero-order valence-electron chi connectivity index (χ0n) is 10.7. The summed E-state index contributed by atoms with van der Waals surface area (Å²) in [5, 5.41) is 0. The number of rotatable bonds is 2. The summed E-state index contributed by atoms with van der Waals surface area (Å²) in [5.41, 5.74) is 12.6. The number of guanidine groups is 1. The lowest BCUT2D eigenvalue weighted by atomic mass is 9.83. The number of carbonyl (C=O) groups is 1. The van der Waals surface area contributed by atoms with E-state index in [2.05, 4.69) is 4.99 Å². The number of aliphatic imine (C=N–C) groups is 1. The molecular weight excluding hydrogens is 228 g/mol. The summed E-state index contributed by atoms with van der Waals surface area (Å²) in [6.45, 7) is 2.00. The normalized spacial score (nSPS) is 24.0. The van der Waals surface area contributed by atoms with E-state index in [4.69, 9.17) is 11.5 Å². The van der Waals surface area contributed by atoms with Crippen molar-refractivity contribution in [2.24, 2.45) is 10.7 Å². The van der Waals surface area contributed by atoms with Crippen LogP contribution in [0.3, 0.4) is 0 Å². The maximum atomic E-state index is 12.0. The number of amides is 1. The minimum atomic E-state index is -0.580. The van der Waals surface area contributed by atoms with Crippen LogP contribution >= 0.6 is 0 Å². The average Bonchev–Trinajstić information content (AvgIpc) is 2.35. The summed E-state index contributed by atoms with van der Waals surface area (Å²) in [5.74, 6) is 0.238. The highest BCUT2D eigenvalue weighted by Crippen LogP contribution is 2.36. The van der Waals surface area contributed by atoms with Crippen molar-refractivity contribution in [3.05, 3.63) is 29.8 Å². The second-order valence-electron chi connectivity index (χ2n) is 4.61. The van der Waals surface area contributed by atoms with E-state index in [1.165, 1.54) is 4.90 Å². The van der Waals surface area contributed by atoms with Crippen molar-refractivity contribution in [2.45, 2.75) is 25.3 Å². The van der Waals surface area contributed by atoms with Crippen LogP contribution in [-0.4, -0.2) is 23.8 Å². The molecule has 1 amide bonds. The van der Waals surface area contributed by atoms with E-state index in [1.54, 1.807) is 7.05 Å². The number of hydrogen-bond donors (Lipinski definition) is 2. The Labute approximate surface area is 106 Å². The minimum absolute atomic E-state index is 0.0215. The molecule has 1 aliphatic rings. The molecule has 0 saturated carbocycles. The number of nitrogen functional groups attached to an aromatic ring is 1. The van der Waals surface area contributed by atoms with E-state index in [1.807, 2.05) is 31.2 Å². The molecule has 96 valence electrons. The fraction of sp³-hybridized carbons (Fsp3) is 0.385. The second-order valence-corrected chi connectivity index (χ2v) is 4.61. The topological polar surface area (TPSA) is 84.7 Å².